The number of benzene rings is 4. The Bertz CT molecular complexity index is 1280. The second-order valence-corrected chi connectivity index (χ2v) is 11.3. The number of anilines is 2. The van der Waals surface area contributed by atoms with Gasteiger partial charge in [-0.1, -0.05) is 67.6 Å². The van der Waals surface area contributed by atoms with Crippen LogP contribution in [0.5, 0.6) is 0 Å². The molecule has 2 unspecified atom stereocenters. The van der Waals surface area contributed by atoms with Crippen molar-refractivity contribution < 1.29 is 0 Å². The van der Waals surface area contributed by atoms with Crippen molar-refractivity contribution in [3.63, 3.8) is 0 Å². The standard InChI is InChI=1S/C31H28I2N2/c1-2-28-29(34-26-17-13-24(32)14-18-26)21-30(22-9-5-3-6-10-22)35(27-19-15-25(33)16-20-27)31(28)23-11-7-4-8-12-23/h3-20,30-31,34H,2,21H2,1H3. The molecule has 1 aliphatic heterocycles. The van der Waals surface area contributed by atoms with Crippen molar-refractivity contribution in [2.45, 2.75) is 31.8 Å². The Kier molecular flexibility index (Phi) is 7.78. The molecule has 4 heteroatoms. The summed E-state index contributed by atoms with van der Waals surface area (Å²) in [5, 5.41) is 3.84. The normalized spacial score (nSPS) is 18.0. The lowest BCUT2D eigenvalue weighted by atomic mass is 9.83. The first-order valence-electron chi connectivity index (χ1n) is 12.0. The second kappa shape index (κ2) is 11.2. The Balaban J connectivity index is 1.70. The Morgan fingerprint density at radius 3 is 1.83 bits per heavy atom. The summed E-state index contributed by atoms with van der Waals surface area (Å²) in [6.45, 7) is 2.29. The van der Waals surface area contributed by atoms with E-state index in [1.165, 1.54) is 35.2 Å². The van der Waals surface area contributed by atoms with Crippen LogP contribution in [-0.4, -0.2) is 0 Å². The fraction of sp³-hybridized carbons (Fsp3) is 0.161. The minimum atomic E-state index is 0.145. The molecular weight excluding hydrogens is 654 g/mol. The maximum atomic E-state index is 3.84. The summed E-state index contributed by atoms with van der Waals surface area (Å²) < 4.78 is 2.50. The summed E-state index contributed by atoms with van der Waals surface area (Å²) in [6.07, 6.45) is 1.91. The highest BCUT2D eigenvalue weighted by Crippen LogP contribution is 2.48. The van der Waals surface area contributed by atoms with Crippen molar-refractivity contribution in [3.8, 4) is 0 Å². The highest BCUT2D eigenvalue weighted by Gasteiger charge is 2.37. The Morgan fingerprint density at radius 2 is 1.26 bits per heavy atom. The first-order valence-corrected chi connectivity index (χ1v) is 14.2. The van der Waals surface area contributed by atoms with Crippen molar-refractivity contribution in [1.82, 2.24) is 0 Å². The van der Waals surface area contributed by atoms with Gasteiger partial charge in [0.05, 0.1) is 12.1 Å². The minimum Gasteiger partial charge on any atom is -0.359 e. The average molecular weight is 682 g/mol. The number of rotatable bonds is 6. The number of nitrogens with zero attached hydrogens (tertiary/aromatic N) is 1. The zero-order chi connectivity index (χ0) is 24.2. The molecule has 4 aromatic rings. The number of hydrogen-bond donors (Lipinski definition) is 1. The van der Waals surface area contributed by atoms with Gasteiger partial charge in [-0.05, 0) is 117 Å². The van der Waals surface area contributed by atoms with Crippen molar-refractivity contribution in [2.24, 2.45) is 0 Å². The van der Waals surface area contributed by atoms with E-state index in [9.17, 15) is 0 Å². The summed E-state index contributed by atoms with van der Waals surface area (Å²) in [6, 6.07) is 40.0. The molecule has 1 heterocycles. The lowest BCUT2D eigenvalue weighted by Crippen LogP contribution is -2.39. The van der Waals surface area contributed by atoms with Crippen LogP contribution in [0.4, 0.5) is 11.4 Å². The van der Waals surface area contributed by atoms with Crippen LogP contribution >= 0.6 is 45.2 Å². The van der Waals surface area contributed by atoms with E-state index in [4.69, 9.17) is 0 Å². The molecule has 2 atom stereocenters. The molecule has 1 aliphatic rings. The highest BCUT2D eigenvalue weighted by atomic mass is 127. The van der Waals surface area contributed by atoms with Crippen LogP contribution in [-0.2, 0) is 0 Å². The number of nitrogens with one attached hydrogen (secondary N) is 1. The van der Waals surface area contributed by atoms with Crippen LogP contribution in [0.25, 0.3) is 0 Å². The zero-order valence-electron chi connectivity index (χ0n) is 19.7. The quantitative estimate of drug-likeness (QED) is 0.204. The molecular formula is C31H28I2N2. The smallest absolute Gasteiger partial charge is 0.0782 e. The van der Waals surface area contributed by atoms with Gasteiger partial charge in [-0.15, -0.1) is 0 Å². The summed E-state index contributed by atoms with van der Waals surface area (Å²) in [5.74, 6) is 0. The second-order valence-electron chi connectivity index (χ2n) is 8.82. The molecule has 0 radical (unpaired) electrons. The molecule has 0 aromatic heterocycles. The van der Waals surface area contributed by atoms with Gasteiger partial charge in [0.1, 0.15) is 0 Å². The van der Waals surface area contributed by atoms with Gasteiger partial charge in [-0.25, -0.2) is 0 Å². The van der Waals surface area contributed by atoms with E-state index in [2.05, 4.69) is 172 Å². The fourth-order valence-corrected chi connectivity index (χ4v) is 5.79. The van der Waals surface area contributed by atoms with Gasteiger partial charge in [-0.2, -0.15) is 0 Å². The van der Waals surface area contributed by atoms with Crippen LogP contribution in [0.3, 0.4) is 0 Å². The lowest BCUT2D eigenvalue weighted by molar-refractivity contribution is 0.515. The molecule has 0 bridgehead atoms. The number of hydrogen-bond acceptors (Lipinski definition) is 2. The predicted molar refractivity (Wildman–Crippen MR) is 165 cm³/mol. The monoisotopic (exact) mass is 682 g/mol. The van der Waals surface area contributed by atoms with Gasteiger partial charge in [0.2, 0.25) is 0 Å². The SMILES string of the molecule is CCC1=C(Nc2ccc(I)cc2)CC(c2ccccc2)N(c2ccc(I)cc2)C1c1ccccc1. The van der Waals surface area contributed by atoms with Gasteiger partial charge >= 0.3 is 0 Å². The molecule has 0 spiro atoms. The lowest BCUT2D eigenvalue weighted by Gasteiger charge is -2.46. The molecule has 1 N–H and O–H groups in total. The van der Waals surface area contributed by atoms with E-state index in [0.717, 1.165) is 18.5 Å². The molecule has 0 saturated heterocycles. The van der Waals surface area contributed by atoms with E-state index in [1.54, 1.807) is 0 Å². The predicted octanol–water partition coefficient (Wildman–Crippen LogP) is 9.36. The third-order valence-corrected chi connectivity index (χ3v) is 8.11. The zero-order valence-corrected chi connectivity index (χ0v) is 24.0. The van der Waals surface area contributed by atoms with Crippen LogP contribution in [0.15, 0.2) is 120 Å². The minimum absolute atomic E-state index is 0.145. The highest BCUT2D eigenvalue weighted by molar-refractivity contribution is 14.1. The van der Waals surface area contributed by atoms with Gasteiger partial charge in [0.15, 0.2) is 0 Å². The molecule has 0 aliphatic carbocycles. The molecule has 5 rings (SSSR count). The maximum Gasteiger partial charge on any atom is 0.0782 e. The molecule has 0 fully saturated rings. The van der Waals surface area contributed by atoms with E-state index < -0.39 is 0 Å². The van der Waals surface area contributed by atoms with E-state index in [0.29, 0.717) is 0 Å². The largest absolute Gasteiger partial charge is 0.359 e. The molecule has 0 saturated carbocycles. The van der Waals surface area contributed by atoms with Crippen molar-refractivity contribution in [1.29, 1.82) is 0 Å². The van der Waals surface area contributed by atoms with Gasteiger partial charge in [0, 0.05) is 30.6 Å². The fourth-order valence-electron chi connectivity index (χ4n) is 5.07. The Labute approximate surface area is 235 Å². The summed E-state index contributed by atoms with van der Waals surface area (Å²) >= 11 is 4.76. The molecule has 176 valence electrons. The van der Waals surface area contributed by atoms with Crippen LogP contribution < -0.4 is 10.2 Å². The summed E-state index contributed by atoms with van der Waals surface area (Å²) in [5.41, 5.74) is 7.84. The van der Waals surface area contributed by atoms with Gasteiger partial charge in [0.25, 0.3) is 0 Å². The molecule has 4 aromatic carbocycles. The molecule has 0 amide bonds. The van der Waals surface area contributed by atoms with Gasteiger partial charge < -0.3 is 10.2 Å². The summed E-state index contributed by atoms with van der Waals surface area (Å²) in [7, 11) is 0. The first-order chi connectivity index (χ1) is 17.1. The Hall–Kier alpha value is -2.32. The van der Waals surface area contributed by atoms with Crippen LogP contribution in [0.2, 0.25) is 0 Å². The third-order valence-electron chi connectivity index (χ3n) is 6.67. The maximum absolute atomic E-state index is 3.84. The van der Waals surface area contributed by atoms with Crippen molar-refractivity contribution in [2.75, 3.05) is 10.2 Å². The first kappa shape index (κ1) is 24.4. The molecule has 35 heavy (non-hydrogen) atoms. The van der Waals surface area contributed by atoms with E-state index in [-0.39, 0.29) is 12.1 Å². The van der Waals surface area contributed by atoms with Gasteiger partial charge in [-0.3, -0.25) is 0 Å². The van der Waals surface area contributed by atoms with Crippen LogP contribution in [0, 0.1) is 7.14 Å². The Morgan fingerprint density at radius 1 is 0.714 bits per heavy atom. The topological polar surface area (TPSA) is 15.3 Å². The van der Waals surface area contributed by atoms with E-state index in [1.807, 2.05) is 0 Å². The van der Waals surface area contributed by atoms with Crippen LogP contribution in [0.1, 0.15) is 43.0 Å². The molecule has 2 nitrogen and oxygen atoms in total. The van der Waals surface area contributed by atoms with Crippen molar-refractivity contribution in [3.05, 3.63) is 139 Å². The van der Waals surface area contributed by atoms with Crippen molar-refractivity contribution >= 4 is 56.6 Å². The number of halogens is 2. The average Bonchev–Trinajstić information content (AvgIpc) is 2.91. The summed E-state index contributed by atoms with van der Waals surface area (Å²) in [4.78, 5) is 2.64. The third kappa shape index (κ3) is 5.43. The van der Waals surface area contributed by atoms with E-state index >= 15 is 0 Å².